The van der Waals surface area contributed by atoms with Gasteiger partial charge in [-0.3, -0.25) is 0 Å². The average molecular weight is 196 g/mol. The van der Waals surface area contributed by atoms with Gasteiger partial charge in [0.1, 0.15) is 0 Å². The molecule has 0 amide bonds. The summed E-state index contributed by atoms with van der Waals surface area (Å²) < 4.78 is 0. The monoisotopic (exact) mass is 196 g/mol. The molecule has 0 radical (unpaired) electrons. The first-order valence-corrected chi connectivity index (χ1v) is 5.38. The highest BCUT2D eigenvalue weighted by Crippen LogP contribution is 2.30. The molecule has 0 aliphatic carbocycles. The molecule has 0 fully saturated rings. The Balaban J connectivity index is 2.43. The van der Waals surface area contributed by atoms with Gasteiger partial charge in [0, 0.05) is 23.5 Å². The fraction of sp³-hybridized carbons (Fsp3) is 0.500. The van der Waals surface area contributed by atoms with Crippen LogP contribution in [0.5, 0.6) is 0 Å². The molecular weight excluding hydrogens is 184 g/mol. The van der Waals surface area contributed by atoms with E-state index in [1.165, 1.54) is 5.56 Å². The molecule has 0 atom stereocenters. The highest BCUT2D eigenvalue weighted by molar-refractivity contribution is 7.98. The minimum Gasteiger partial charge on any atom is -0.368 e. The van der Waals surface area contributed by atoms with E-state index in [9.17, 15) is 0 Å². The minimum absolute atomic E-state index is 0.379. The third-order valence-corrected chi connectivity index (χ3v) is 3.03. The number of thioether (sulfide) groups is 1. The Morgan fingerprint density at radius 2 is 2.15 bits per heavy atom. The molecule has 1 aromatic heterocycles. The van der Waals surface area contributed by atoms with E-state index in [-0.39, 0.29) is 0 Å². The Morgan fingerprint density at radius 1 is 1.31 bits per heavy atom. The zero-order valence-electron chi connectivity index (χ0n) is 7.29. The molecule has 1 aliphatic rings. The zero-order chi connectivity index (χ0) is 9.26. The Morgan fingerprint density at radius 3 is 2.92 bits per heavy atom. The SMILES string of the molecule is NCCc1nc(N)nc2c1CSC2. The van der Waals surface area contributed by atoms with Crippen molar-refractivity contribution in [3.63, 3.8) is 0 Å². The van der Waals surface area contributed by atoms with Crippen molar-refractivity contribution in [1.82, 2.24) is 9.97 Å². The van der Waals surface area contributed by atoms with Crippen molar-refractivity contribution in [3.8, 4) is 0 Å². The van der Waals surface area contributed by atoms with Gasteiger partial charge >= 0.3 is 0 Å². The maximum Gasteiger partial charge on any atom is 0.220 e. The van der Waals surface area contributed by atoms with E-state index in [0.717, 1.165) is 29.3 Å². The lowest BCUT2D eigenvalue weighted by atomic mass is 10.1. The summed E-state index contributed by atoms with van der Waals surface area (Å²) in [5.74, 6) is 2.34. The van der Waals surface area contributed by atoms with Gasteiger partial charge in [0.2, 0.25) is 5.95 Å². The quantitative estimate of drug-likeness (QED) is 0.711. The number of aromatic nitrogens is 2. The van der Waals surface area contributed by atoms with Gasteiger partial charge in [-0.2, -0.15) is 11.8 Å². The van der Waals surface area contributed by atoms with Gasteiger partial charge in [0.15, 0.2) is 0 Å². The van der Waals surface area contributed by atoms with Crippen molar-refractivity contribution >= 4 is 17.7 Å². The summed E-state index contributed by atoms with van der Waals surface area (Å²) in [6, 6.07) is 0. The summed E-state index contributed by atoms with van der Waals surface area (Å²) in [4.78, 5) is 8.41. The van der Waals surface area contributed by atoms with E-state index in [4.69, 9.17) is 11.5 Å². The molecular formula is C8H12N4S. The molecule has 70 valence electrons. The molecule has 1 aromatic rings. The van der Waals surface area contributed by atoms with Gasteiger partial charge in [-0.1, -0.05) is 0 Å². The van der Waals surface area contributed by atoms with Gasteiger partial charge in [-0.25, -0.2) is 9.97 Å². The van der Waals surface area contributed by atoms with Gasteiger partial charge in [-0.05, 0) is 6.54 Å². The number of anilines is 1. The predicted molar refractivity (Wildman–Crippen MR) is 54.2 cm³/mol. The summed E-state index contributed by atoms with van der Waals surface area (Å²) in [5.41, 5.74) is 14.5. The molecule has 2 heterocycles. The lowest BCUT2D eigenvalue weighted by Crippen LogP contribution is -2.10. The highest BCUT2D eigenvalue weighted by Gasteiger charge is 2.18. The summed E-state index contributed by atoms with van der Waals surface area (Å²) in [7, 11) is 0. The van der Waals surface area contributed by atoms with E-state index < -0.39 is 0 Å². The summed E-state index contributed by atoms with van der Waals surface area (Å²) in [5, 5.41) is 0. The van der Waals surface area contributed by atoms with Crippen LogP contribution in [-0.2, 0) is 17.9 Å². The van der Waals surface area contributed by atoms with Crippen LogP contribution in [0.15, 0.2) is 0 Å². The van der Waals surface area contributed by atoms with Crippen molar-refractivity contribution in [2.45, 2.75) is 17.9 Å². The average Bonchev–Trinajstić information content (AvgIpc) is 2.52. The second kappa shape index (κ2) is 3.51. The number of hydrogen-bond donors (Lipinski definition) is 2. The summed E-state index contributed by atoms with van der Waals surface area (Å²) in [6.45, 7) is 0.619. The third-order valence-electron chi connectivity index (χ3n) is 2.06. The lowest BCUT2D eigenvalue weighted by molar-refractivity contribution is 0.888. The Kier molecular flexibility index (Phi) is 2.37. The van der Waals surface area contributed by atoms with Gasteiger partial charge in [0.05, 0.1) is 11.4 Å². The Bertz CT molecular complexity index is 326. The van der Waals surface area contributed by atoms with Gasteiger partial charge in [-0.15, -0.1) is 0 Å². The molecule has 1 aliphatic heterocycles. The molecule has 0 saturated heterocycles. The highest BCUT2D eigenvalue weighted by atomic mass is 32.2. The van der Waals surface area contributed by atoms with Crippen molar-refractivity contribution < 1.29 is 0 Å². The third kappa shape index (κ3) is 1.62. The molecule has 2 rings (SSSR count). The van der Waals surface area contributed by atoms with E-state index in [1.807, 2.05) is 11.8 Å². The van der Waals surface area contributed by atoms with E-state index in [2.05, 4.69) is 9.97 Å². The molecule has 13 heavy (non-hydrogen) atoms. The maximum absolute atomic E-state index is 5.59. The van der Waals surface area contributed by atoms with Crippen LogP contribution in [0.2, 0.25) is 0 Å². The molecule has 0 saturated carbocycles. The molecule has 4 N–H and O–H groups in total. The van der Waals surface area contributed by atoms with Crippen molar-refractivity contribution in [2.24, 2.45) is 5.73 Å². The van der Waals surface area contributed by atoms with E-state index in [0.29, 0.717) is 12.5 Å². The second-order valence-corrected chi connectivity index (χ2v) is 3.97. The number of hydrogen-bond acceptors (Lipinski definition) is 5. The molecule has 0 spiro atoms. The normalized spacial score (nSPS) is 14.5. The first kappa shape index (κ1) is 8.77. The van der Waals surface area contributed by atoms with Crippen molar-refractivity contribution in [2.75, 3.05) is 12.3 Å². The largest absolute Gasteiger partial charge is 0.368 e. The number of nitrogens with zero attached hydrogens (tertiary/aromatic N) is 2. The van der Waals surface area contributed by atoms with E-state index in [1.54, 1.807) is 0 Å². The molecule has 0 unspecified atom stereocenters. The van der Waals surface area contributed by atoms with E-state index >= 15 is 0 Å². The van der Waals surface area contributed by atoms with Gasteiger partial charge in [0.25, 0.3) is 0 Å². The predicted octanol–water partition coefficient (Wildman–Crippen LogP) is 0.307. The van der Waals surface area contributed by atoms with Gasteiger partial charge < -0.3 is 11.5 Å². The number of nitrogens with two attached hydrogens (primary N) is 2. The fourth-order valence-electron chi connectivity index (χ4n) is 1.48. The first-order valence-electron chi connectivity index (χ1n) is 4.23. The first-order chi connectivity index (χ1) is 6.31. The summed E-state index contributed by atoms with van der Waals surface area (Å²) in [6.07, 6.45) is 0.801. The fourth-order valence-corrected chi connectivity index (χ4v) is 2.55. The van der Waals surface area contributed by atoms with Crippen LogP contribution >= 0.6 is 11.8 Å². The number of fused-ring (bicyclic) bond motifs is 1. The van der Waals surface area contributed by atoms with Crippen LogP contribution in [0.3, 0.4) is 0 Å². The smallest absolute Gasteiger partial charge is 0.220 e. The van der Waals surface area contributed by atoms with Crippen LogP contribution in [0.4, 0.5) is 5.95 Å². The molecule has 0 bridgehead atoms. The van der Waals surface area contributed by atoms with Crippen LogP contribution in [0.25, 0.3) is 0 Å². The summed E-state index contributed by atoms with van der Waals surface area (Å²) >= 11 is 1.85. The standard InChI is InChI=1S/C8H12N4S/c9-2-1-6-5-3-13-4-7(5)12-8(10)11-6/h1-4,9H2,(H2,10,11,12). The topological polar surface area (TPSA) is 77.8 Å². The lowest BCUT2D eigenvalue weighted by Gasteiger charge is -2.05. The molecule has 5 heteroatoms. The van der Waals surface area contributed by atoms with Crippen LogP contribution in [0, 0.1) is 0 Å². The molecule has 0 aromatic carbocycles. The number of nitrogen functional groups attached to an aromatic ring is 1. The Hall–Kier alpha value is -0.810. The maximum atomic E-state index is 5.59. The molecule has 4 nitrogen and oxygen atoms in total. The van der Waals surface area contributed by atoms with Crippen molar-refractivity contribution in [3.05, 3.63) is 17.0 Å². The van der Waals surface area contributed by atoms with Crippen LogP contribution in [0.1, 0.15) is 17.0 Å². The van der Waals surface area contributed by atoms with Crippen molar-refractivity contribution in [1.29, 1.82) is 0 Å². The Labute approximate surface area is 81.1 Å². The minimum atomic E-state index is 0.379. The van der Waals surface area contributed by atoms with Crippen LogP contribution in [-0.4, -0.2) is 16.5 Å². The second-order valence-electron chi connectivity index (χ2n) is 2.99. The zero-order valence-corrected chi connectivity index (χ0v) is 8.10. The van der Waals surface area contributed by atoms with Crippen LogP contribution < -0.4 is 11.5 Å². The number of rotatable bonds is 2.